The molecular weight excluding hydrogens is 214 g/mol. The van der Waals surface area contributed by atoms with Crippen LogP contribution in [-0.4, -0.2) is 26.8 Å². The molecule has 4 nitrogen and oxygen atoms in total. The van der Waals surface area contributed by atoms with E-state index in [1.807, 2.05) is 42.7 Å². The summed E-state index contributed by atoms with van der Waals surface area (Å²) in [5.41, 5.74) is 7.76. The van der Waals surface area contributed by atoms with E-state index in [9.17, 15) is 0 Å². The fourth-order valence-electron chi connectivity index (χ4n) is 2.02. The zero-order valence-corrected chi connectivity index (χ0v) is 10.3. The van der Waals surface area contributed by atoms with Crippen LogP contribution in [0, 0.1) is 0 Å². The van der Waals surface area contributed by atoms with Gasteiger partial charge in [0.05, 0.1) is 17.6 Å². The minimum atomic E-state index is -0.297. The van der Waals surface area contributed by atoms with E-state index in [1.54, 1.807) is 0 Å². The van der Waals surface area contributed by atoms with Crippen molar-refractivity contribution in [1.82, 2.24) is 9.55 Å². The molecule has 92 valence electrons. The molecule has 0 atom stereocenters. The summed E-state index contributed by atoms with van der Waals surface area (Å²) in [5.74, 6) is 0.938. The van der Waals surface area contributed by atoms with Gasteiger partial charge in [0, 0.05) is 18.5 Å². The Hall–Kier alpha value is -1.39. The molecule has 1 aromatic heterocycles. The Kier molecular flexibility index (Phi) is 3.17. The minimum absolute atomic E-state index is 0.109. The SMILES string of the molecule is CC(C)(N)Cc1nc2ccccc2n1CCO. The number of fused-ring (bicyclic) bond motifs is 1. The third-order valence-corrected chi connectivity index (χ3v) is 2.67. The maximum atomic E-state index is 9.14. The van der Waals surface area contributed by atoms with E-state index >= 15 is 0 Å². The van der Waals surface area contributed by atoms with E-state index < -0.39 is 0 Å². The number of rotatable bonds is 4. The highest BCUT2D eigenvalue weighted by molar-refractivity contribution is 5.75. The summed E-state index contributed by atoms with van der Waals surface area (Å²) in [6, 6.07) is 7.95. The molecule has 0 saturated heterocycles. The summed E-state index contributed by atoms with van der Waals surface area (Å²) in [6.07, 6.45) is 0.696. The smallest absolute Gasteiger partial charge is 0.111 e. The van der Waals surface area contributed by atoms with Crippen LogP contribution >= 0.6 is 0 Å². The molecule has 0 saturated carbocycles. The maximum absolute atomic E-state index is 9.14. The van der Waals surface area contributed by atoms with Crippen LogP contribution < -0.4 is 5.73 Å². The molecule has 0 fully saturated rings. The zero-order chi connectivity index (χ0) is 12.5. The van der Waals surface area contributed by atoms with Crippen LogP contribution in [0.2, 0.25) is 0 Å². The summed E-state index contributed by atoms with van der Waals surface area (Å²) >= 11 is 0. The Morgan fingerprint density at radius 2 is 2.06 bits per heavy atom. The van der Waals surface area contributed by atoms with Gasteiger partial charge in [0.15, 0.2) is 0 Å². The Morgan fingerprint density at radius 1 is 1.35 bits per heavy atom. The number of hydrogen-bond donors (Lipinski definition) is 2. The second kappa shape index (κ2) is 4.47. The van der Waals surface area contributed by atoms with Gasteiger partial charge in [-0.2, -0.15) is 0 Å². The fraction of sp³-hybridized carbons (Fsp3) is 0.462. The van der Waals surface area contributed by atoms with Crippen molar-refractivity contribution in [3.8, 4) is 0 Å². The molecule has 0 radical (unpaired) electrons. The van der Waals surface area contributed by atoms with Crippen molar-refractivity contribution in [2.45, 2.75) is 32.4 Å². The molecule has 17 heavy (non-hydrogen) atoms. The first-order valence-corrected chi connectivity index (χ1v) is 5.85. The Morgan fingerprint density at radius 3 is 2.71 bits per heavy atom. The first-order chi connectivity index (χ1) is 8.01. The molecule has 1 aromatic carbocycles. The van der Waals surface area contributed by atoms with Gasteiger partial charge in [0.25, 0.3) is 0 Å². The van der Waals surface area contributed by atoms with Gasteiger partial charge < -0.3 is 15.4 Å². The predicted octanol–water partition coefficient (Wildman–Crippen LogP) is 1.31. The topological polar surface area (TPSA) is 64.1 Å². The first-order valence-electron chi connectivity index (χ1n) is 5.85. The van der Waals surface area contributed by atoms with Crippen LogP contribution in [0.3, 0.4) is 0 Å². The predicted molar refractivity (Wildman–Crippen MR) is 68.8 cm³/mol. The highest BCUT2D eigenvalue weighted by atomic mass is 16.3. The van der Waals surface area contributed by atoms with Crippen molar-refractivity contribution in [2.24, 2.45) is 5.73 Å². The summed E-state index contributed by atoms with van der Waals surface area (Å²) < 4.78 is 2.05. The summed E-state index contributed by atoms with van der Waals surface area (Å²) in [6.45, 7) is 4.63. The van der Waals surface area contributed by atoms with E-state index in [-0.39, 0.29) is 12.1 Å². The van der Waals surface area contributed by atoms with Crippen molar-refractivity contribution >= 4 is 11.0 Å². The number of aliphatic hydroxyl groups is 1. The highest BCUT2D eigenvalue weighted by Crippen LogP contribution is 2.18. The van der Waals surface area contributed by atoms with Crippen LogP contribution in [0.25, 0.3) is 11.0 Å². The van der Waals surface area contributed by atoms with E-state index in [0.29, 0.717) is 13.0 Å². The lowest BCUT2D eigenvalue weighted by molar-refractivity contribution is 0.275. The Balaban J connectivity index is 2.49. The van der Waals surface area contributed by atoms with Gasteiger partial charge in [-0.3, -0.25) is 0 Å². The van der Waals surface area contributed by atoms with Gasteiger partial charge in [0.2, 0.25) is 0 Å². The number of para-hydroxylation sites is 2. The van der Waals surface area contributed by atoms with E-state index in [2.05, 4.69) is 4.98 Å². The molecule has 2 rings (SSSR count). The number of imidazole rings is 1. The minimum Gasteiger partial charge on any atom is -0.395 e. The van der Waals surface area contributed by atoms with Gasteiger partial charge in [-0.1, -0.05) is 12.1 Å². The van der Waals surface area contributed by atoms with E-state index in [0.717, 1.165) is 16.9 Å². The molecule has 0 aliphatic rings. The van der Waals surface area contributed by atoms with Crippen molar-refractivity contribution < 1.29 is 5.11 Å². The number of aromatic nitrogens is 2. The molecule has 2 aromatic rings. The van der Waals surface area contributed by atoms with Crippen LogP contribution in [-0.2, 0) is 13.0 Å². The van der Waals surface area contributed by atoms with Crippen LogP contribution in [0.5, 0.6) is 0 Å². The number of nitrogens with zero attached hydrogens (tertiary/aromatic N) is 2. The molecule has 0 spiro atoms. The third kappa shape index (κ3) is 2.65. The lowest BCUT2D eigenvalue weighted by atomic mass is 10.0. The van der Waals surface area contributed by atoms with Gasteiger partial charge in [0.1, 0.15) is 5.82 Å². The van der Waals surface area contributed by atoms with Gasteiger partial charge in [-0.05, 0) is 26.0 Å². The van der Waals surface area contributed by atoms with Gasteiger partial charge in [-0.25, -0.2) is 4.98 Å². The third-order valence-electron chi connectivity index (χ3n) is 2.67. The largest absolute Gasteiger partial charge is 0.395 e. The second-order valence-electron chi connectivity index (χ2n) is 5.06. The molecule has 1 heterocycles. The summed E-state index contributed by atoms with van der Waals surface area (Å²) in [5, 5.41) is 9.14. The molecule has 0 bridgehead atoms. The normalized spacial score (nSPS) is 12.2. The first kappa shape index (κ1) is 12.1. The Bertz CT molecular complexity index is 511. The molecule has 0 aliphatic heterocycles. The van der Waals surface area contributed by atoms with Gasteiger partial charge >= 0.3 is 0 Å². The summed E-state index contributed by atoms with van der Waals surface area (Å²) in [4.78, 5) is 4.59. The number of aliphatic hydroxyl groups excluding tert-OH is 1. The molecule has 4 heteroatoms. The monoisotopic (exact) mass is 233 g/mol. The second-order valence-corrected chi connectivity index (χ2v) is 5.06. The molecule has 0 unspecified atom stereocenters. The Labute approximate surface area is 101 Å². The van der Waals surface area contributed by atoms with Crippen molar-refractivity contribution in [3.05, 3.63) is 30.1 Å². The number of benzene rings is 1. The fourth-order valence-corrected chi connectivity index (χ4v) is 2.02. The van der Waals surface area contributed by atoms with Crippen LogP contribution in [0.1, 0.15) is 19.7 Å². The standard InChI is InChI=1S/C13H19N3O/c1-13(2,14)9-12-15-10-5-3-4-6-11(10)16(12)7-8-17/h3-6,17H,7-9,14H2,1-2H3. The lowest BCUT2D eigenvalue weighted by Gasteiger charge is -2.18. The number of hydrogen-bond acceptors (Lipinski definition) is 3. The molecule has 3 N–H and O–H groups in total. The van der Waals surface area contributed by atoms with Crippen LogP contribution in [0.4, 0.5) is 0 Å². The molecular formula is C13H19N3O. The molecule has 0 amide bonds. The zero-order valence-electron chi connectivity index (χ0n) is 10.3. The van der Waals surface area contributed by atoms with Crippen LogP contribution in [0.15, 0.2) is 24.3 Å². The number of nitrogens with two attached hydrogens (primary N) is 1. The molecule has 0 aliphatic carbocycles. The summed E-state index contributed by atoms with van der Waals surface area (Å²) in [7, 11) is 0. The highest BCUT2D eigenvalue weighted by Gasteiger charge is 2.17. The van der Waals surface area contributed by atoms with E-state index in [1.165, 1.54) is 0 Å². The maximum Gasteiger partial charge on any atom is 0.111 e. The lowest BCUT2D eigenvalue weighted by Crippen LogP contribution is -2.35. The van der Waals surface area contributed by atoms with Gasteiger partial charge in [-0.15, -0.1) is 0 Å². The average molecular weight is 233 g/mol. The van der Waals surface area contributed by atoms with Crippen molar-refractivity contribution in [1.29, 1.82) is 0 Å². The van der Waals surface area contributed by atoms with Crippen molar-refractivity contribution in [3.63, 3.8) is 0 Å². The average Bonchev–Trinajstić information content (AvgIpc) is 2.55. The quantitative estimate of drug-likeness (QED) is 0.837. The van der Waals surface area contributed by atoms with Crippen molar-refractivity contribution in [2.75, 3.05) is 6.61 Å². The van der Waals surface area contributed by atoms with E-state index in [4.69, 9.17) is 10.8 Å².